The highest BCUT2D eigenvalue weighted by Crippen LogP contribution is 2.18. The van der Waals surface area contributed by atoms with Crippen molar-refractivity contribution in [3.8, 4) is 0 Å². The molecule has 2 nitrogen and oxygen atoms in total. The Hall–Kier alpha value is -0.960. The van der Waals surface area contributed by atoms with Crippen LogP contribution in [-0.4, -0.2) is 11.7 Å². The van der Waals surface area contributed by atoms with Gasteiger partial charge in [-0.25, -0.2) is 0 Å². The Morgan fingerprint density at radius 3 is 2.79 bits per heavy atom. The van der Waals surface area contributed by atoms with Gasteiger partial charge in [0.15, 0.2) is 0 Å². The summed E-state index contributed by atoms with van der Waals surface area (Å²) in [7, 11) is 0. The van der Waals surface area contributed by atoms with Gasteiger partial charge in [-0.1, -0.05) is 26.0 Å². The first-order valence-electron chi connectivity index (χ1n) is 4.64. The van der Waals surface area contributed by atoms with Crippen LogP contribution in [0.15, 0.2) is 24.3 Å². The van der Waals surface area contributed by atoms with Gasteiger partial charge in [-0.2, -0.15) is 12.6 Å². The molecule has 0 heterocycles. The molecule has 14 heavy (non-hydrogen) atoms. The van der Waals surface area contributed by atoms with Crippen LogP contribution in [0.1, 0.15) is 25.3 Å². The van der Waals surface area contributed by atoms with Crippen molar-refractivity contribution in [1.82, 2.24) is 0 Å². The molecule has 0 fully saturated rings. The van der Waals surface area contributed by atoms with E-state index in [2.05, 4.69) is 37.9 Å². The number of nitrogens with one attached hydrogen (secondary N) is 1. The monoisotopic (exact) mass is 209 g/mol. The summed E-state index contributed by atoms with van der Waals surface area (Å²) < 4.78 is 0. The van der Waals surface area contributed by atoms with Crippen molar-refractivity contribution in [1.29, 1.82) is 0 Å². The molecular weight excluding hydrogens is 194 g/mol. The molecule has 1 aromatic rings. The van der Waals surface area contributed by atoms with Gasteiger partial charge in [0, 0.05) is 5.69 Å². The van der Waals surface area contributed by atoms with E-state index >= 15 is 0 Å². The first-order chi connectivity index (χ1) is 6.63. The lowest BCUT2D eigenvalue weighted by Crippen LogP contribution is -2.12. The normalized spacial score (nSPS) is 10.3. The van der Waals surface area contributed by atoms with Crippen molar-refractivity contribution in [2.24, 2.45) is 0 Å². The molecule has 0 aliphatic heterocycles. The first-order valence-corrected chi connectivity index (χ1v) is 5.27. The molecule has 0 radical (unpaired) electrons. The Labute approximate surface area is 90.1 Å². The van der Waals surface area contributed by atoms with E-state index in [0.29, 0.717) is 5.92 Å². The van der Waals surface area contributed by atoms with Crippen LogP contribution in [0.3, 0.4) is 0 Å². The van der Waals surface area contributed by atoms with Gasteiger partial charge in [0.05, 0.1) is 5.75 Å². The van der Waals surface area contributed by atoms with Crippen LogP contribution in [-0.2, 0) is 4.79 Å². The van der Waals surface area contributed by atoms with Crippen LogP contribution in [0.5, 0.6) is 0 Å². The Morgan fingerprint density at radius 2 is 2.21 bits per heavy atom. The van der Waals surface area contributed by atoms with Gasteiger partial charge >= 0.3 is 0 Å². The molecule has 1 rings (SSSR count). The molecule has 0 unspecified atom stereocenters. The molecule has 1 amide bonds. The van der Waals surface area contributed by atoms with E-state index in [1.54, 1.807) is 0 Å². The van der Waals surface area contributed by atoms with Gasteiger partial charge in [-0.05, 0) is 23.6 Å². The van der Waals surface area contributed by atoms with Gasteiger partial charge < -0.3 is 5.32 Å². The number of amides is 1. The minimum Gasteiger partial charge on any atom is -0.325 e. The largest absolute Gasteiger partial charge is 0.325 e. The highest BCUT2D eigenvalue weighted by atomic mass is 32.1. The van der Waals surface area contributed by atoms with E-state index < -0.39 is 0 Å². The van der Waals surface area contributed by atoms with E-state index in [1.165, 1.54) is 5.56 Å². The number of anilines is 1. The highest BCUT2D eigenvalue weighted by molar-refractivity contribution is 7.81. The Balaban J connectivity index is 2.78. The third kappa shape index (κ3) is 3.07. The Kier molecular flexibility index (Phi) is 4.01. The summed E-state index contributed by atoms with van der Waals surface area (Å²) in [6.45, 7) is 4.25. The molecule has 0 aliphatic rings. The van der Waals surface area contributed by atoms with Crippen LogP contribution < -0.4 is 5.32 Å². The minimum absolute atomic E-state index is 0.0748. The molecule has 0 atom stereocenters. The maximum Gasteiger partial charge on any atom is 0.234 e. The quantitative estimate of drug-likeness (QED) is 0.736. The second-order valence-corrected chi connectivity index (χ2v) is 3.80. The molecule has 0 aliphatic carbocycles. The zero-order valence-corrected chi connectivity index (χ0v) is 9.34. The van der Waals surface area contributed by atoms with Crippen LogP contribution in [0.2, 0.25) is 0 Å². The molecule has 76 valence electrons. The fourth-order valence-corrected chi connectivity index (χ4v) is 1.26. The number of carbonyl (C=O) groups excluding carboxylic acids is 1. The Morgan fingerprint density at radius 1 is 1.50 bits per heavy atom. The van der Waals surface area contributed by atoms with Crippen molar-refractivity contribution in [2.75, 3.05) is 11.1 Å². The second-order valence-electron chi connectivity index (χ2n) is 3.49. The lowest BCUT2D eigenvalue weighted by atomic mass is 10.0. The first kappa shape index (κ1) is 11.1. The minimum atomic E-state index is -0.0748. The third-order valence-electron chi connectivity index (χ3n) is 1.98. The average Bonchev–Trinajstić information content (AvgIpc) is 2.18. The summed E-state index contributed by atoms with van der Waals surface area (Å²) in [4.78, 5) is 11.1. The van der Waals surface area contributed by atoms with Crippen LogP contribution in [0, 0.1) is 0 Å². The maximum absolute atomic E-state index is 11.1. The zero-order chi connectivity index (χ0) is 10.6. The SMILES string of the molecule is CC(C)c1cccc(NC(=O)CS)c1. The molecule has 0 bridgehead atoms. The number of hydrogen-bond donors (Lipinski definition) is 2. The Bertz CT molecular complexity index is 323. The predicted molar refractivity (Wildman–Crippen MR) is 63.0 cm³/mol. The fraction of sp³-hybridized carbons (Fsp3) is 0.364. The van der Waals surface area contributed by atoms with Crippen molar-refractivity contribution >= 4 is 24.2 Å². The number of rotatable bonds is 3. The summed E-state index contributed by atoms with van der Waals surface area (Å²) in [5.41, 5.74) is 2.07. The molecular formula is C11H15NOS. The summed E-state index contributed by atoms with van der Waals surface area (Å²) >= 11 is 3.90. The number of benzene rings is 1. The number of hydrogen-bond acceptors (Lipinski definition) is 2. The van der Waals surface area contributed by atoms with Crippen molar-refractivity contribution < 1.29 is 4.79 Å². The van der Waals surface area contributed by atoms with Gasteiger partial charge in [0.1, 0.15) is 0 Å². The van der Waals surface area contributed by atoms with Crippen molar-refractivity contribution in [2.45, 2.75) is 19.8 Å². The van der Waals surface area contributed by atoms with Crippen LogP contribution in [0.25, 0.3) is 0 Å². The van der Waals surface area contributed by atoms with E-state index in [9.17, 15) is 4.79 Å². The van der Waals surface area contributed by atoms with Gasteiger partial charge in [0.25, 0.3) is 0 Å². The summed E-state index contributed by atoms with van der Waals surface area (Å²) in [5.74, 6) is 0.614. The highest BCUT2D eigenvalue weighted by Gasteiger charge is 2.02. The van der Waals surface area contributed by atoms with E-state index in [4.69, 9.17) is 0 Å². The van der Waals surface area contributed by atoms with Gasteiger partial charge in [-0.3, -0.25) is 4.79 Å². The van der Waals surface area contributed by atoms with E-state index in [0.717, 1.165) is 5.69 Å². The molecule has 0 aromatic heterocycles. The standard InChI is InChI=1S/C11H15NOS/c1-8(2)9-4-3-5-10(6-9)12-11(13)7-14/h3-6,8,14H,7H2,1-2H3,(H,12,13). The lowest BCUT2D eigenvalue weighted by molar-refractivity contribution is -0.113. The van der Waals surface area contributed by atoms with E-state index in [-0.39, 0.29) is 11.7 Å². The summed E-state index contributed by atoms with van der Waals surface area (Å²) in [6, 6.07) is 7.88. The fourth-order valence-electron chi connectivity index (χ4n) is 1.18. The maximum atomic E-state index is 11.1. The summed E-state index contributed by atoms with van der Waals surface area (Å²) in [6.07, 6.45) is 0. The lowest BCUT2D eigenvalue weighted by Gasteiger charge is -2.08. The molecule has 1 aromatic carbocycles. The van der Waals surface area contributed by atoms with Crippen LogP contribution >= 0.6 is 12.6 Å². The molecule has 3 heteroatoms. The van der Waals surface area contributed by atoms with Gasteiger partial charge in [-0.15, -0.1) is 0 Å². The zero-order valence-electron chi connectivity index (χ0n) is 8.45. The van der Waals surface area contributed by atoms with Gasteiger partial charge in [0.2, 0.25) is 5.91 Å². The topological polar surface area (TPSA) is 29.1 Å². The second kappa shape index (κ2) is 5.05. The molecule has 0 saturated carbocycles. The van der Waals surface area contributed by atoms with Crippen LogP contribution in [0.4, 0.5) is 5.69 Å². The third-order valence-corrected chi connectivity index (χ3v) is 2.27. The predicted octanol–water partition coefficient (Wildman–Crippen LogP) is 2.68. The number of carbonyl (C=O) groups is 1. The smallest absolute Gasteiger partial charge is 0.234 e. The molecule has 0 spiro atoms. The van der Waals surface area contributed by atoms with Crippen molar-refractivity contribution in [3.63, 3.8) is 0 Å². The van der Waals surface area contributed by atoms with Crippen molar-refractivity contribution in [3.05, 3.63) is 29.8 Å². The van der Waals surface area contributed by atoms with E-state index in [1.807, 2.05) is 18.2 Å². The summed E-state index contributed by atoms with van der Waals surface area (Å²) in [5, 5.41) is 2.77. The molecule has 0 saturated heterocycles. The average molecular weight is 209 g/mol. The molecule has 1 N–H and O–H groups in total. The number of thiol groups is 1.